The van der Waals surface area contributed by atoms with Gasteiger partial charge >= 0.3 is 617 Å². The second-order valence-corrected chi connectivity index (χ2v) is 22.5. The molecule has 0 aromatic carbocycles. The molecular weight excluding hydrogens is 1900 g/mol. The van der Waals surface area contributed by atoms with E-state index >= 15 is 0 Å². The summed E-state index contributed by atoms with van der Waals surface area (Å²) in [5, 5.41) is 0. The predicted molar refractivity (Wildman–Crippen MR) is 213 cm³/mol. The molecule has 2 saturated heterocycles. The fourth-order valence-electron chi connectivity index (χ4n) is 5.76. The summed E-state index contributed by atoms with van der Waals surface area (Å²) < 4.78 is 419. The van der Waals surface area contributed by atoms with Crippen LogP contribution in [0.25, 0.3) is 0 Å². The van der Waals surface area contributed by atoms with Crippen LogP contribution >= 0.6 is 0 Å². The van der Waals surface area contributed by atoms with Crippen molar-refractivity contribution in [3.05, 3.63) is 0 Å². The fourth-order valence-corrected chi connectivity index (χ4v) is 10.7. The van der Waals surface area contributed by atoms with E-state index in [1.807, 2.05) is 0 Å². The van der Waals surface area contributed by atoms with Crippen LogP contribution in [0, 0.1) is 0 Å². The van der Waals surface area contributed by atoms with Gasteiger partial charge in [-0.1, -0.05) is 0 Å². The first-order chi connectivity index (χ1) is 34.3. The second kappa shape index (κ2) is 75.6. The van der Waals surface area contributed by atoms with Crippen LogP contribution in [0.5, 0.6) is 0 Å². The third-order valence-corrected chi connectivity index (χ3v) is 12.9. The van der Waals surface area contributed by atoms with Crippen molar-refractivity contribution < 1.29 is 849 Å². The number of hydrogen-bond acceptors (Lipinski definition) is 52. The van der Waals surface area contributed by atoms with Crippen molar-refractivity contribution in [1.82, 2.24) is 0 Å². The van der Waals surface area contributed by atoms with E-state index in [1.54, 1.807) is 0 Å². The van der Waals surface area contributed by atoms with Crippen LogP contribution in [0.1, 0.15) is 0 Å². The van der Waals surface area contributed by atoms with E-state index in [4.69, 9.17) is 18.9 Å². The maximum Gasteiger partial charge on any atom is 1.00 e. The van der Waals surface area contributed by atoms with Crippen molar-refractivity contribution in [3.63, 3.8) is 0 Å². The van der Waals surface area contributed by atoms with Crippen molar-refractivity contribution in [2.24, 2.45) is 0 Å². The van der Waals surface area contributed by atoms with E-state index in [-0.39, 0.29) is 649 Å². The van der Waals surface area contributed by atoms with Gasteiger partial charge in [-0.3, -0.25) is 50.2 Å². The number of ether oxygens (including phenoxy) is 4. The number of rotatable bonds is 35. The van der Waals surface area contributed by atoms with Gasteiger partial charge in [-0.05, 0) is 0 Å². The largest absolute Gasteiger partial charge is 1.00 e. The van der Waals surface area contributed by atoms with Gasteiger partial charge in [0, 0.05) is 0 Å². The molecule has 76 heteroatoms. The normalized spacial score (nSPS) is 23.9. The van der Waals surface area contributed by atoms with Crippen LogP contribution < -0.4 is 617 Å². The molecule has 0 spiro atoms. The Morgan fingerprint density at radius 2 is 0.660 bits per heavy atom. The summed E-state index contributed by atoms with van der Waals surface area (Å²) in [4.78, 5) is 0. The smallest absolute Gasteiger partial charge is 0.870 e. The first kappa shape index (κ1) is 154. The Morgan fingerprint density at radius 3 is 1.00 bits per heavy atom. The summed E-state index contributed by atoms with van der Waals surface area (Å²) in [5.41, 5.74) is 0. The molecule has 0 amide bonds. The van der Waals surface area contributed by atoms with Crippen molar-refractivity contribution in [1.29, 1.82) is 0 Å². The Hall–Kier alpha value is 18.9. The summed E-state index contributed by atoms with van der Waals surface area (Å²) in [5.74, 6) is 0. The van der Waals surface area contributed by atoms with Crippen molar-refractivity contribution >= 4 is 131 Å². The zero-order chi connectivity index (χ0) is 58.7. The first-order valence-corrected chi connectivity index (χ1v) is 31.2. The molecule has 0 saturated carbocycles. The Balaban J connectivity index is -0.000000220. The van der Waals surface area contributed by atoms with Gasteiger partial charge in [0.25, 0.3) is 0 Å². The second-order valence-electron chi connectivity index (χ2n) is 12.8. The summed E-state index contributed by atoms with van der Waals surface area (Å²) >= 11 is -25.1. The molecule has 2 rings (SSSR count). The Bertz CT molecular complexity index is 2820. The predicted octanol–water partition coefficient (Wildman–Crippen LogP) is -49.1. The molecule has 2 heterocycles. The van der Waals surface area contributed by atoms with Crippen LogP contribution in [0.4, 0.5) is 0 Å². The molecule has 2 fully saturated rings. The van der Waals surface area contributed by atoms with Crippen molar-refractivity contribution in [2.45, 2.75) is 85.8 Å². The summed E-state index contributed by atoms with van der Waals surface area (Å²) in [7, 11) is -37.9. The molecule has 502 valence electrons. The maximum absolute atomic E-state index is 11.9. The molecule has 94 heavy (non-hydrogen) atoms. The SMILES string of the molecule is O=S([O-])O[C@@H]1[C@@H](OS(=O)(=O)[O-])[C@H](OC[C@@H](OS(=O)[O-])[C@@H](OS(=O)[O-])[C@H](OS(=O)(=O)[O-])[C@@H](COS(=O)(=O)[O-])OS(=O)(=O)[O-])O[C@H](CO[C@@H]2O[C@H](COS(=O)(=O)[O-])[C@@H](OS(=O)(=O)[O-])[C@H](OS(=O)[O-])[C@H]2OS(=O)[O-])[C@H]1OS(=O)[O-].[K+].[K+].[K+].[K+].[K+].[K+].[K+].[K+].[K+].[K+].[K+].[K+].[OH-].[OH-].[OH-].[OH-].[OH-].[OH-]. The summed E-state index contributed by atoms with van der Waals surface area (Å²) in [6, 6.07) is 0. The van der Waals surface area contributed by atoms with Gasteiger partial charge in [-0.25, -0.2) is 75.8 Å². The van der Waals surface area contributed by atoms with Crippen LogP contribution in [0.2, 0.25) is 0 Å². The third-order valence-electron chi connectivity index (χ3n) is 7.92. The minimum Gasteiger partial charge on any atom is -0.870 e. The van der Waals surface area contributed by atoms with Crippen molar-refractivity contribution in [2.75, 3.05) is 26.4 Å². The minimum absolute atomic E-state index is 0. The minimum atomic E-state index is -6.62. The fraction of sp³-hybridized carbons (Fsp3) is 1.00. The van der Waals surface area contributed by atoms with E-state index in [0.717, 1.165) is 0 Å². The van der Waals surface area contributed by atoms with Crippen LogP contribution in [0.3, 0.4) is 0 Å². The molecule has 0 aliphatic carbocycles. The van der Waals surface area contributed by atoms with Gasteiger partial charge in [-0.2, -0.15) is 0 Å². The van der Waals surface area contributed by atoms with Gasteiger partial charge in [0.1, 0.15) is 61.0 Å². The Kier molecular flexibility index (Phi) is 124. The van der Waals surface area contributed by atoms with E-state index in [2.05, 4.69) is 50.2 Å². The maximum atomic E-state index is 11.9. The molecular formula is C18H28K12O52S12-6. The van der Waals surface area contributed by atoms with E-state index < -0.39 is 243 Å². The Morgan fingerprint density at radius 1 is 0.330 bits per heavy atom. The van der Waals surface area contributed by atoms with Gasteiger partial charge < -0.3 is 106 Å². The van der Waals surface area contributed by atoms with Crippen LogP contribution in [-0.4, -0.2) is 276 Å². The first-order valence-electron chi connectivity index (χ1n) is 17.2. The summed E-state index contributed by atoms with van der Waals surface area (Å²) in [6.07, 6.45) is -44.4. The average molecular weight is 1930 g/mol. The van der Waals surface area contributed by atoms with Crippen LogP contribution in [-0.2, 0) is 200 Å². The van der Waals surface area contributed by atoms with Gasteiger partial charge in [0.2, 0.25) is 62.4 Å². The molecule has 0 radical (unpaired) electrons. The molecule has 2 aliphatic heterocycles. The topological polar surface area (TPSA) is 912 Å². The molecule has 52 nitrogen and oxygen atoms in total. The number of hydrogen-bond donors (Lipinski definition) is 0. The van der Waals surface area contributed by atoms with Crippen LogP contribution in [0.15, 0.2) is 0 Å². The summed E-state index contributed by atoms with van der Waals surface area (Å²) in [6.45, 7) is -8.34. The monoisotopic (exact) mass is 1930 g/mol. The molecule has 6 unspecified atom stereocenters. The molecule has 20 atom stereocenters. The third kappa shape index (κ3) is 71.4. The molecule has 6 N–H and O–H groups in total. The quantitative estimate of drug-likeness (QED) is 0.0246. The van der Waals surface area contributed by atoms with E-state index in [0.29, 0.717) is 0 Å². The van der Waals surface area contributed by atoms with Crippen molar-refractivity contribution in [3.8, 4) is 0 Å². The zero-order valence-electron chi connectivity index (χ0n) is 49.3. The molecule has 0 bridgehead atoms. The average Bonchev–Trinajstić information content (AvgIpc) is 3.18. The van der Waals surface area contributed by atoms with E-state index in [9.17, 15) is 130 Å². The van der Waals surface area contributed by atoms with Gasteiger partial charge in [0.15, 0.2) is 24.8 Å². The van der Waals surface area contributed by atoms with Gasteiger partial charge in [-0.15, -0.1) is 0 Å². The standard InChI is InChI=1S/C18H34O46S12.12K.6H2O/c19-65(20)55-7(10(57-67(23)24)12(63-75(43,44)45)8(61-73(37,38)39)4-52-72(34,35)36)2-50-18-16(64-76(46,47)48)13(58-68(25)26)9(56-66(21)22)5(53-18)1-49-17-15(60-70(29)30)14(59-69(27)28)11(62-74(40,41)42)6(54-17)3-51-71(31,32)33;;;;;;;;;;;;;;;;;;/h5-18H,1-4H2,(H,19,20)(H,21,22)(H,23,24)(H,25,26)(H,27,28)(H,29,30)(H,31,32,33)(H,34,35,36)(H,37,38,39)(H,40,41,42)(H,43,44,45)(H,46,47,48);;;;;;;;;;;;;6*1H2/q;12*+1;;;;;;/p-18/t5-,6-,7-,8-,9-,10-,11-,12-,13+,14+,15-,16-,17-,18-;;;;;;;;;;;;;;;;;;/m1................../s1. The Labute approximate surface area is 1060 Å². The van der Waals surface area contributed by atoms with E-state index in [1.165, 1.54) is 0 Å². The molecule has 2 aliphatic rings. The zero-order valence-corrected chi connectivity index (χ0v) is 96.5. The molecule has 0 aromatic heterocycles. The van der Waals surface area contributed by atoms with Gasteiger partial charge in [0.05, 0.1) is 94.6 Å². The molecule has 0 aromatic rings.